The van der Waals surface area contributed by atoms with Gasteiger partial charge in [0.25, 0.3) is 0 Å². The Balaban J connectivity index is 1.25. The Labute approximate surface area is 307 Å². The number of hydrogen-bond donors (Lipinski definition) is 0. The molecule has 0 bridgehead atoms. The van der Waals surface area contributed by atoms with Gasteiger partial charge < -0.3 is 8.83 Å². The van der Waals surface area contributed by atoms with Crippen molar-refractivity contribution in [1.29, 1.82) is 0 Å². The number of benzene rings is 7. The largest absolute Gasteiger partial charge is 0.455 e. The maximum absolute atomic E-state index is 9.36. The summed E-state index contributed by atoms with van der Waals surface area (Å²) >= 11 is 1.59. The van der Waals surface area contributed by atoms with Crippen LogP contribution in [0.3, 0.4) is 0 Å². The number of furan rings is 2. The molecule has 0 saturated carbocycles. The number of hydrogen-bond acceptors (Lipinski definition) is 6. The highest BCUT2D eigenvalue weighted by Gasteiger charge is 2.22. The molecule has 7 aromatic carbocycles. The van der Waals surface area contributed by atoms with E-state index in [0.717, 1.165) is 30.9 Å². The summed E-state index contributed by atoms with van der Waals surface area (Å²) in [6, 6.07) is 26.2. The van der Waals surface area contributed by atoms with Crippen molar-refractivity contribution in [1.82, 2.24) is 15.0 Å². The molecule has 6 heteroatoms. The number of nitrogens with zero attached hydrogens (tertiary/aromatic N) is 3. The average Bonchev–Trinajstić information content (AvgIpc) is 3.95. The van der Waals surface area contributed by atoms with Gasteiger partial charge in [-0.15, -0.1) is 11.3 Å². The minimum Gasteiger partial charge on any atom is -0.455 e. The summed E-state index contributed by atoms with van der Waals surface area (Å²) < 4.78 is 94.4. The summed E-state index contributed by atoms with van der Waals surface area (Å²) in [4.78, 5) is 14.5. The SMILES string of the molecule is [2H]c1cc2c(oc3c([2H])cc([2H])c(-c4nc(-c5c([2H])c([2H])c([2H])c([2H])c5[2H])nc(-c5cccc6sc7ccccc7c56)n4)c32)c(-c2cccc3c2oc2ccccc23)c1[2H]. The number of aromatic nitrogens is 3. The second-order valence-corrected chi connectivity index (χ2v) is 13.1. The van der Waals surface area contributed by atoms with E-state index in [1.54, 1.807) is 17.4 Å². The van der Waals surface area contributed by atoms with Gasteiger partial charge in [0.05, 0.1) is 12.3 Å². The lowest BCUT2D eigenvalue weighted by Gasteiger charge is -2.10. The van der Waals surface area contributed by atoms with Gasteiger partial charge in [-0.3, -0.25) is 0 Å². The molecule has 5 nitrogen and oxygen atoms in total. The Kier molecular flexibility index (Phi) is 4.46. The van der Waals surface area contributed by atoms with E-state index in [9.17, 15) is 2.74 Å². The molecule has 0 fully saturated rings. The van der Waals surface area contributed by atoms with Gasteiger partial charge in [-0.05, 0) is 24.2 Å². The first kappa shape index (κ1) is 20.8. The highest BCUT2D eigenvalue weighted by Crippen LogP contribution is 2.44. The van der Waals surface area contributed by atoms with E-state index in [0.29, 0.717) is 27.7 Å². The summed E-state index contributed by atoms with van der Waals surface area (Å²) in [6.45, 7) is 0. The van der Waals surface area contributed by atoms with Crippen LogP contribution in [0.2, 0.25) is 0 Å². The van der Waals surface area contributed by atoms with Crippen LogP contribution in [-0.4, -0.2) is 15.0 Å². The van der Waals surface area contributed by atoms with Crippen molar-refractivity contribution < 1.29 is 21.2 Å². The maximum atomic E-state index is 9.36. The molecule has 0 spiro atoms. The van der Waals surface area contributed by atoms with Crippen LogP contribution in [0.5, 0.6) is 0 Å². The summed E-state index contributed by atoms with van der Waals surface area (Å²) in [5, 5.41) is 4.04. The van der Waals surface area contributed by atoms with Gasteiger partial charge in [0, 0.05) is 69.5 Å². The van der Waals surface area contributed by atoms with Crippen molar-refractivity contribution in [3.63, 3.8) is 0 Å². The Hall–Kier alpha value is -6.63. The van der Waals surface area contributed by atoms with Crippen LogP contribution in [0.25, 0.3) is 109 Å². The van der Waals surface area contributed by atoms with Gasteiger partial charge in [-0.25, -0.2) is 15.0 Å². The lowest BCUT2D eigenvalue weighted by atomic mass is 9.98. The third-order valence-corrected chi connectivity index (χ3v) is 10.3. The highest BCUT2D eigenvalue weighted by atomic mass is 32.1. The molecule has 0 aliphatic carbocycles. The molecular formula is C45H25N3O2S. The molecule has 0 radical (unpaired) electrons. The molecule has 4 aromatic heterocycles. The fraction of sp³-hybridized carbons (Fsp3) is 0. The Bertz CT molecular complexity index is 3660. The van der Waals surface area contributed by atoms with Gasteiger partial charge in [0.1, 0.15) is 22.3 Å². The fourth-order valence-electron chi connectivity index (χ4n) is 6.95. The van der Waals surface area contributed by atoms with E-state index < -0.39 is 30.2 Å². The lowest BCUT2D eigenvalue weighted by Crippen LogP contribution is -2.00. The Morgan fingerprint density at radius 2 is 1.14 bits per heavy atom. The molecule has 0 N–H and O–H groups in total. The zero-order valence-electron chi connectivity index (χ0n) is 35.3. The summed E-state index contributed by atoms with van der Waals surface area (Å²) in [6.07, 6.45) is 0. The predicted molar refractivity (Wildman–Crippen MR) is 209 cm³/mol. The number of para-hydroxylation sites is 3. The molecule has 0 aliphatic heterocycles. The second kappa shape index (κ2) is 10.9. The summed E-state index contributed by atoms with van der Waals surface area (Å²) in [5.41, 5.74) is 2.60. The molecular weight excluding hydrogens is 647 g/mol. The van der Waals surface area contributed by atoms with Crippen LogP contribution >= 0.6 is 11.3 Å². The van der Waals surface area contributed by atoms with E-state index >= 15 is 0 Å². The van der Waals surface area contributed by atoms with E-state index in [4.69, 9.17) is 33.4 Å². The maximum Gasteiger partial charge on any atom is 0.164 e. The standard InChI is InChI=1S/C45H25N3O2S/c1-2-12-26(13-3-1)43-46-44(48-45(47-43)34-21-11-25-38-40(34)31-15-5-7-24-37(31)51-38)33-20-10-23-36-39(33)32-19-9-18-30(42(32)50-36)29-17-8-16-28-27-14-4-6-22-35(27)49-41(28)29/h1-25H/i1D,2D,3D,9D,12D,13D,18D,20D,23D. The topological polar surface area (TPSA) is 65.0 Å². The lowest BCUT2D eigenvalue weighted by molar-refractivity contribution is 0.665. The van der Waals surface area contributed by atoms with Crippen LogP contribution in [0, 0.1) is 0 Å². The second-order valence-electron chi connectivity index (χ2n) is 12.0. The van der Waals surface area contributed by atoms with E-state index in [2.05, 4.69) is 0 Å². The van der Waals surface area contributed by atoms with Crippen molar-refractivity contribution in [3.05, 3.63) is 151 Å². The first-order valence-corrected chi connectivity index (χ1v) is 16.9. The minimum absolute atomic E-state index is 0.0521. The van der Waals surface area contributed by atoms with Gasteiger partial charge >= 0.3 is 0 Å². The van der Waals surface area contributed by atoms with Crippen molar-refractivity contribution >= 4 is 75.4 Å². The molecule has 0 atom stereocenters. The molecule has 0 amide bonds. The summed E-state index contributed by atoms with van der Waals surface area (Å²) in [7, 11) is 0. The third kappa shape index (κ3) is 4.30. The number of thiophene rings is 1. The molecule has 51 heavy (non-hydrogen) atoms. The Morgan fingerprint density at radius 3 is 2.06 bits per heavy atom. The molecule has 4 heterocycles. The predicted octanol–water partition coefficient (Wildman–Crippen LogP) is 12.7. The molecule has 238 valence electrons. The minimum atomic E-state index is -0.571. The van der Waals surface area contributed by atoms with Crippen LogP contribution < -0.4 is 0 Å². The first-order chi connectivity index (χ1) is 29.0. The first-order valence-electron chi connectivity index (χ1n) is 20.6. The van der Waals surface area contributed by atoms with E-state index in [-0.39, 0.29) is 74.9 Å². The van der Waals surface area contributed by atoms with Crippen LogP contribution in [0.4, 0.5) is 0 Å². The van der Waals surface area contributed by atoms with Crippen molar-refractivity contribution in [2.24, 2.45) is 0 Å². The van der Waals surface area contributed by atoms with Crippen molar-refractivity contribution in [2.75, 3.05) is 0 Å². The van der Waals surface area contributed by atoms with E-state index in [1.165, 1.54) is 12.1 Å². The van der Waals surface area contributed by atoms with Gasteiger partial charge in [0.2, 0.25) is 0 Å². The van der Waals surface area contributed by atoms with Gasteiger partial charge in [0.15, 0.2) is 17.5 Å². The molecule has 0 saturated heterocycles. The zero-order valence-corrected chi connectivity index (χ0v) is 27.1. The van der Waals surface area contributed by atoms with E-state index in [1.807, 2.05) is 78.9 Å². The number of rotatable bonds is 4. The van der Waals surface area contributed by atoms with Crippen LogP contribution in [0.15, 0.2) is 160 Å². The average molecular weight is 681 g/mol. The Morgan fingerprint density at radius 1 is 0.431 bits per heavy atom. The molecule has 11 rings (SSSR count). The quantitative estimate of drug-likeness (QED) is 0.185. The fourth-order valence-corrected chi connectivity index (χ4v) is 8.09. The van der Waals surface area contributed by atoms with Crippen molar-refractivity contribution in [3.8, 4) is 45.3 Å². The smallest absolute Gasteiger partial charge is 0.164 e. The van der Waals surface area contributed by atoms with Crippen molar-refractivity contribution in [2.45, 2.75) is 0 Å². The molecule has 0 unspecified atom stereocenters. The van der Waals surface area contributed by atoms with Crippen LogP contribution in [0.1, 0.15) is 12.3 Å². The van der Waals surface area contributed by atoms with Gasteiger partial charge in [-0.2, -0.15) is 0 Å². The normalized spacial score (nSPS) is 14.4. The number of fused-ring (bicyclic) bond motifs is 9. The molecule has 11 aromatic rings. The molecule has 0 aliphatic rings. The summed E-state index contributed by atoms with van der Waals surface area (Å²) in [5.74, 6) is -0.178. The monoisotopic (exact) mass is 680 g/mol. The van der Waals surface area contributed by atoms with Crippen LogP contribution in [-0.2, 0) is 0 Å². The third-order valence-electron chi connectivity index (χ3n) is 9.16. The van der Waals surface area contributed by atoms with Gasteiger partial charge in [-0.1, -0.05) is 127 Å². The zero-order chi connectivity index (χ0) is 41.3. The highest BCUT2D eigenvalue weighted by molar-refractivity contribution is 7.25.